The van der Waals surface area contributed by atoms with E-state index in [4.69, 9.17) is 0 Å². The van der Waals surface area contributed by atoms with Crippen LogP contribution in [-0.4, -0.2) is 18.7 Å². The molecule has 8 heteroatoms. The lowest BCUT2D eigenvalue weighted by molar-refractivity contribution is -0.136. The Labute approximate surface area is 195 Å². The lowest BCUT2D eigenvalue weighted by Crippen LogP contribution is -2.13. The normalized spacial score (nSPS) is 12.1. The van der Waals surface area contributed by atoms with E-state index in [-0.39, 0.29) is 21.4 Å². The smallest absolute Gasteiger partial charge is 0.254 e. The predicted octanol–water partition coefficient (Wildman–Crippen LogP) is 6.64. The highest BCUT2D eigenvalue weighted by Gasteiger charge is 2.33. The maximum Gasteiger partial charge on any atom is 0.418 e. The minimum absolute atomic E-state index is 0.139. The van der Waals surface area contributed by atoms with Gasteiger partial charge in [0.1, 0.15) is 6.07 Å². The van der Waals surface area contributed by atoms with Crippen LogP contribution >= 0.6 is 0 Å². The van der Waals surface area contributed by atoms with Gasteiger partial charge in [0.2, 0.25) is 0 Å². The number of nitrogens with zero attached hydrogens (tertiary/aromatic N) is 2. The van der Waals surface area contributed by atoms with E-state index in [0.29, 0.717) is 22.3 Å². The van der Waals surface area contributed by atoms with Crippen molar-refractivity contribution in [3.8, 4) is 28.3 Å². The number of aromatic nitrogens is 1. The van der Waals surface area contributed by atoms with Crippen molar-refractivity contribution < 1.29 is 21.6 Å². The van der Waals surface area contributed by atoms with Crippen LogP contribution in [0.2, 0.25) is 0 Å². The largest absolute Gasteiger partial charge is 0.418 e. The van der Waals surface area contributed by atoms with Crippen LogP contribution < -0.4 is 0 Å². The standard InChI is InChI=1S/C26H19F3N2O2S/c1-16(2)34(32,33)21-9-4-7-18(13-21)17-6-3-8-19(12-17)24-20(14-30)15-31-25-22(24)10-5-11-23(25)26(27,28)29/h3-13,15-16H,1-2H3. The number of para-hydroxylation sites is 1. The zero-order valence-corrected chi connectivity index (χ0v) is 19.1. The van der Waals surface area contributed by atoms with E-state index in [1.807, 2.05) is 6.07 Å². The Kier molecular flexibility index (Phi) is 5.92. The molecule has 1 aromatic heterocycles. The van der Waals surface area contributed by atoms with Gasteiger partial charge in [-0.3, -0.25) is 4.98 Å². The van der Waals surface area contributed by atoms with Crippen LogP contribution in [0.3, 0.4) is 0 Å². The predicted molar refractivity (Wildman–Crippen MR) is 125 cm³/mol. The number of fused-ring (bicyclic) bond motifs is 1. The molecule has 4 nitrogen and oxygen atoms in total. The fourth-order valence-electron chi connectivity index (χ4n) is 3.83. The van der Waals surface area contributed by atoms with E-state index >= 15 is 0 Å². The van der Waals surface area contributed by atoms with E-state index in [1.54, 1.807) is 56.3 Å². The first-order valence-corrected chi connectivity index (χ1v) is 11.9. The van der Waals surface area contributed by atoms with Gasteiger partial charge >= 0.3 is 6.18 Å². The number of pyridine rings is 1. The zero-order valence-electron chi connectivity index (χ0n) is 18.3. The van der Waals surface area contributed by atoms with Crippen LogP contribution in [0.1, 0.15) is 25.0 Å². The lowest BCUT2D eigenvalue weighted by atomic mass is 9.93. The van der Waals surface area contributed by atoms with Crippen molar-refractivity contribution in [3.05, 3.63) is 84.1 Å². The van der Waals surface area contributed by atoms with Crippen molar-refractivity contribution >= 4 is 20.7 Å². The first-order chi connectivity index (χ1) is 16.0. The molecule has 0 aliphatic heterocycles. The minimum atomic E-state index is -4.60. The lowest BCUT2D eigenvalue weighted by Gasteiger charge is -2.14. The molecular formula is C26H19F3N2O2S. The molecule has 4 rings (SSSR count). The second kappa shape index (κ2) is 8.58. The van der Waals surface area contributed by atoms with E-state index < -0.39 is 26.8 Å². The summed E-state index contributed by atoms with van der Waals surface area (Å²) < 4.78 is 65.9. The Bertz CT molecular complexity index is 1550. The number of sulfone groups is 1. The van der Waals surface area contributed by atoms with E-state index in [0.717, 1.165) is 12.3 Å². The van der Waals surface area contributed by atoms with Crippen molar-refractivity contribution in [3.63, 3.8) is 0 Å². The third kappa shape index (κ3) is 4.15. The Morgan fingerprint density at radius 1 is 0.912 bits per heavy atom. The topological polar surface area (TPSA) is 70.8 Å². The van der Waals surface area contributed by atoms with E-state index in [9.17, 15) is 26.9 Å². The fraction of sp³-hybridized carbons (Fsp3) is 0.154. The number of benzene rings is 3. The summed E-state index contributed by atoms with van der Waals surface area (Å²) in [4.78, 5) is 4.12. The number of halogens is 3. The molecule has 0 atom stereocenters. The molecule has 0 amide bonds. The third-order valence-corrected chi connectivity index (χ3v) is 7.74. The van der Waals surface area contributed by atoms with Gasteiger partial charge in [-0.2, -0.15) is 18.4 Å². The fourth-order valence-corrected chi connectivity index (χ4v) is 4.93. The van der Waals surface area contributed by atoms with Crippen LogP contribution in [0.25, 0.3) is 33.2 Å². The van der Waals surface area contributed by atoms with Crippen molar-refractivity contribution in [2.45, 2.75) is 30.2 Å². The molecule has 0 aliphatic carbocycles. The Morgan fingerprint density at radius 2 is 1.53 bits per heavy atom. The molecule has 34 heavy (non-hydrogen) atoms. The zero-order chi connectivity index (χ0) is 24.7. The second-order valence-electron chi connectivity index (χ2n) is 8.06. The summed E-state index contributed by atoms with van der Waals surface area (Å²) in [6.07, 6.45) is -3.45. The molecule has 0 radical (unpaired) electrons. The summed E-state index contributed by atoms with van der Waals surface area (Å²) in [5.74, 6) is 0. The van der Waals surface area contributed by atoms with Gasteiger partial charge in [0, 0.05) is 17.1 Å². The van der Waals surface area contributed by atoms with Crippen LogP contribution in [-0.2, 0) is 16.0 Å². The number of hydrogen-bond donors (Lipinski definition) is 0. The van der Waals surface area contributed by atoms with Gasteiger partial charge in [-0.25, -0.2) is 8.42 Å². The number of alkyl halides is 3. The van der Waals surface area contributed by atoms with Gasteiger partial charge in [0.15, 0.2) is 9.84 Å². The molecule has 172 valence electrons. The summed E-state index contributed by atoms with van der Waals surface area (Å²) in [6, 6.07) is 19.2. The first kappa shape index (κ1) is 23.5. The number of rotatable bonds is 4. The summed E-state index contributed by atoms with van der Waals surface area (Å²) in [5.41, 5.74) is 1.19. The minimum Gasteiger partial charge on any atom is -0.254 e. The molecule has 0 bridgehead atoms. The van der Waals surface area contributed by atoms with Gasteiger partial charge in [0.05, 0.1) is 26.8 Å². The molecule has 0 saturated carbocycles. The Morgan fingerprint density at radius 3 is 2.18 bits per heavy atom. The molecule has 1 heterocycles. The van der Waals surface area contributed by atoms with Gasteiger partial charge in [-0.15, -0.1) is 0 Å². The summed E-state index contributed by atoms with van der Waals surface area (Å²) in [6.45, 7) is 3.21. The highest BCUT2D eigenvalue weighted by molar-refractivity contribution is 7.92. The highest BCUT2D eigenvalue weighted by Crippen LogP contribution is 2.39. The van der Waals surface area contributed by atoms with Crippen molar-refractivity contribution in [2.75, 3.05) is 0 Å². The molecule has 0 aliphatic rings. The van der Waals surface area contributed by atoms with Gasteiger partial charge in [-0.05, 0) is 54.8 Å². The Hall–Kier alpha value is -3.70. The number of hydrogen-bond acceptors (Lipinski definition) is 4. The molecule has 4 aromatic rings. The SMILES string of the molecule is CC(C)S(=O)(=O)c1cccc(-c2cccc(-c3c(C#N)cnc4c(C(F)(F)F)cccc34)c2)c1. The van der Waals surface area contributed by atoms with Gasteiger partial charge < -0.3 is 0 Å². The monoisotopic (exact) mass is 480 g/mol. The summed E-state index contributed by atoms with van der Waals surface area (Å²) in [7, 11) is -3.49. The summed E-state index contributed by atoms with van der Waals surface area (Å²) >= 11 is 0. The van der Waals surface area contributed by atoms with E-state index in [2.05, 4.69) is 4.98 Å². The summed E-state index contributed by atoms with van der Waals surface area (Å²) in [5, 5.41) is 9.28. The average molecular weight is 481 g/mol. The molecule has 3 aromatic carbocycles. The molecule has 0 saturated heterocycles. The number of nitriles is 1. The first-order valence-electron chi connectivity index (χ1n) is 10.4. The molecule has 0 unspecified atom stereocenters. The highest BCUT2D eigenvalue weighted by atomic mass is 32.2. The maximum atomic E-state index is 13.6. The Balaban J connectivity index is 1.93. The van der Waals surface area contributed by atoms with Crippen LogP contribution in [0.4, 0.5) is 13.2 Å². The molecule has 0 N–H and O–H groups in total. The van der Waals surface area contributed by atoms with Crippen LogP contribution in [0.15, 0.2) is 77.8 Å². The van der Waals surface area contributed by atoms with Crippen molar-refractivity contribution in [1.29, 1.82) is 5.26 Å². The van der Waals surface area contributed by atoms with Crippen LogP contribution in [0.5, 0.6) is 0 Å². The van der Waals surface area contributed by atoms with E-state index in [1.165, 1.54) is 18.2 Å². The molecule has 0 fully saturated rings. The van der Waals surface area contributed by atoms with Gasteiger partial charge in [-0.1, -0.05) is 42.5 Å². The average Bonchev–Trinajstić information content (AvgIpc) is 2.82. The van der Waals surface area contributed by atoms with Crippen molar-refractivity contribution in [2.24, 2.45) is 0 Å². The maximum absolute atomic E-state index is 13.6. The third-order valence-electron chi connectivity index (χ3n) is 5.59. The molecule has 0 spiro atoms. The van der Waals surface area contributed by atoms with Gasteiger partial charge in [0.25, 0.3) is 0 Å². The second-order valence-corrected chi connectivity index (χ2v) is 10.6. The van der Waals surface area contributed by atoms with Crippen molar-refractivity contribution in [1.82, 2.24) is 4.98 Å². The molecular weight excluding hydrogens is 461 g/mol. The quantitative estimate of drug-likeness (QED) is 0.328. The van der Waals surface area contributed by atoms with Crippen LogP contribution in [0, 0.1) is 11.3 Å².